The van der Waals surface area contributed by atoms with E-state index >= 15 is 0 Å². The summed E-state index contributed by atoms with van der Waals surface area (Å²) in [6, 6.07) is -0.344. The predicted molar refractivity (Wildman–Crippen MR) is 75.6 cm³/mol. The first-order chi connectivity index (χ1) is 9.52. The Morgan fingerprint density at radius 1 is 1.30 bits per heavy atom. The van der Waals surface area contributed by atoms with Crippen molar-refractivity contribution in [2.24, 2.45) is 5.92 Å². The zero-order valence-corrected chi connectivity index (χ0v) is 12.2. The second-order valence-corrected chi connectivity index (χ2v) is 6.20. The van der Waals surface area contributed by atoms with E-state index in [9.17, 15) is 14.7 Å². The molecule has 6 nitrogen and oxygen atoms in total. The summed E-state index contributed by atoms with van der Waals surface area (Å²) in [4.78, 5) is 25.7. The summed E-state index contributed by atoms with van der Waals surface area (Å²) in [7, 11) is 2.07. The lowest BCUT2D eigenvalue weighted by molar-refractivity contribution is -0.145. The van der Waals surface area contributed by atoms with Crippen LogP contribution in [0, 0.1) is 5.92 Å². The van der Waals surface area contributed by atoms with Gasteiger partial charge in [0, 0.05) is 13.1 Å². The van der Waals surface area contributed by atoms with Crippen LogP contribution in [0.1, 0.15) is 38.5 Å². The fourth-order valence-corrected chi connectivity index (χ4v) is 3.24. The fraction of sp³-hybridized carbons (Fsp3) is 0.857. The standard InChI is InChI=1S/C14H25N3O3/c1-17-8-5-11(10-17)9-15-13(20)16-14(12(18)19)6-3-2-4-7-14/h11H,2-10H2,1H3,(H,18,19)(H2,15,16,20). The zero-order chi connectivity index (χ0) is 14.6. The summed E-state index contributed by atoms with van der Waals surface area (Å²) in [5.41, 5.74) is -1.06. The highest BCUT2D eigenvalue weighted by molar-refractivity contribution is 5.86. The van der Waals surface area contributed by atoms with Crippen LogP contribution in [0.15, 0.2) is 0 Å². The second kappa shape index (κ2) is 6.43. The lowest BCUT2D eigenvalue weighted by Gasteiger charge is -2.34. The highest BCUT2D eigenvalue weighted by Crippen LogP contribution is 2.28. The molecule has 1 atom stereocenters. The minimum Gasteiger partial charge on any atom is -0.480 e. The number of carbonyl (C=O) groups is 2. The minimum atomic E-state index is -1.06. The first kappa shape index (κ1) is 15.1. The number of nitrogens with one attached hydrogen (secondary N) is 2. The molecule has 114 valence electrons. The molecule has 0 aromatic rings. The maximum Gasteiger partial charge on any atom is 0.329 e. The minimum absolute atomic E-state index is 0.344. The average Bonchev–Trinajstić information content (AvgIpc) is 2.83. The van der Waals surface area contributed by atoms with E-state index in [-0.39, 0.29) is 6.03 Å². The van der Waals surface area contributed by atoms with Crippen LogP contribution in [0.2, 0.25) is 0 Å². The van der Waals surface area contributed by atoms with Crippen LogP contribution in [0.25, 0.3) is 0 Å². The van der Waals surface area contributed by atoms with Crippen molar-refractivity contribution in [3.05, 3.63) is 0 Å². The van der Waals surface area contributed by atoms with E-state index in [1.807, 2.05) is 0 Å². The van der Waals surface area contributed by atoms with Gasteiger partial charge in [0.1, 0.15) is 5.54 Å². The molecule has 1 aliphatic heterocycles. The fourth-order valence-electron chi connectivity index (χ4n) is 3.24. The summed E-state index contributed by atoms with van der Waals surface area (Å²) in [5, 5.41) is 14.9. The summed E-state index contributed by atoms with van der Waals surface area (Å²) in [5.74, 6) is -0.439. The number of carbonyl (C=O) groups excluding carboxylic acids is 1. The van der Waals surface area contributed by atoms with Crippen molar-refractivity contribution in [2.45, 2.75) is 44.1 Å². The molecule has 1 heterocycles. The van der Waals surface area contributed by atoms with Crippen molar-refractivity contribution in [2.75, 3.05) is 26.7 Å². The van der Waals surface area contributed by atoms with Crippen LogP contribution in [0.5, 0.6) is 0 Å². The first-order valence-electron chi connectivity index (χ1n) is 7.50. The van der Waals surface area contributed by atoms with Crippen LogP contribution in [-0.2, 0) is 4.79 Å². The maximum absolute atomic E-state index is 12.0. The van der Waals surface area contributed by atoms with Gasteiger partial charge in [-0.3, -0.25) is 0 Å². The molecule has 2 rings (SSSR count). The van der Waals surface area contributed by atoms with Gasteiger partial charge in [-0.2, -0.15) is 0 Å². The maximum atomic E-state index is 12.0. The number of carboxylic acids is 1. The number of amides is 2. The van der Waals surface area contributed by atoms with Gasteiger partial charge in [0.15, 0.2) is 0 Å². The van der Waals surface area contributed by atoms with E-state index in [1.54, 1.807) is 0 Å². The third-order valence-electron chi connectivity index (χ3n) is 4.51. The van der Waals surface area contributed by atoms with Crippen molar-refractivity contribution in [3.63, 3.8) is 0 Å². The summed E-state index contributed by atoms with van der Waals surface area (Å²) >= 11 is 0. The molecule has 1 saturated carbocycles. The Kier molecular flexibility index (Phi) is 4.86. The van der Waals surface area contributed by atoms with Crippen LogP contribution in [-0.4, -0.2) is 54.2 Å². The van der Waals surface area contributed by atoms with Crippen LogP contribution in [0.3, 0.4) is 0 Å². The van der Waals surface area contributed by atoms with Gasteiger partial charge >= 0.3 is 12.0 Å². The highest BCUT2D eigenvalue weighted by atomic mass is 16.4. The molecule has 2 fully saturated rings. The molecule has 0 aromatic heterocycles. The Morgan fingerprint density at radius 3 is 2.55 bits per heavy atom. The third kappa shape index (κ3) is 3.62. The van der Waals surface area contributed by atoms with Crippen molar-refractivity contribution in [1.29, 1.82) is 0 Å². The summed E-state index contributed by atoms with van der Waals surface area (Å²) in [6.45, 7) is 2.67. The lowest BCUT2D eigenvalue weighted by Crippen LogP contribution is -2.58. The number of urea groups is 1. The molecule has 0 spiro atoms. The lowest BCUT2D eigenvalue weighted by atomic mass is 9.82. The average molecular weight is 283 g/mol. The van der Waals surface area contributed by atoms with Gasteiger partial charge in [-0.1, -0.05) is 19.3 Å². The quantitative estimate of drug-likeness (QED) is 0.719. The Hall–Kier alpha value is -1.30. The Balaban J connectivity index is 1.81. The number of hydrogen-bond donors (Lipinski definition) is 3. The van der Waals surface area contributed by atoms with E-state index in [2.05, 4.69) is 22.6 Å². The van der Waals surface area contributed by atoms with Crippen LogP contribution < -0.4 is 10.6 Å². The molecular weight excluding hydrogens is 258 g/mol. The number of carboxylic acid groups (broad SMARTS) is 1. The molecule has 2 aliphatic rings. The number of aliphatic carboxylic acids is 1. The molecule has 20 heavy (non-hydrogen) atoms. The van der Waals surface area contributed by atoms with Crippen LogP contribution >= 0.6 is 0 Å². The van der Waals surface area contributed by atoms with E-state index in [4.69, 9.17) is 0 Å². The van der Waals surface area contributed by atoms with Crippen LogP contribution in [0.4, 0.5) is 4.79 Å². The zero-order valence-electron chi connectivity index (χ0n) is 12.2. The summed E-state index contributed by atoms with van der Waals surface area (Å²) in [6.07, 6.45) is 4.91. The van der Waals surface area contributed by atoms with Gasteiger partial charge in [0.25, 0.3) is 0 Å². The molecule has 1 saturated heterocycles. The van der Waals surface area contributed by atoms with Gasteiger partial charge in [0.2, 0.25) is 0 Å². The molecule has 0 bridgehead atoms. The SMILES string of the molecule is CN1CCC(CNC(=O)NC2(C(=O)O)CCCCC2)C1. The van der Waals surface area contributed by atoms with Gasteiger partial charge in [-0.15, -0.1) is 0 Å². The topological polar surface area (TPSA) is 81.7 Å². The van der Waals surface area contributed by atoms with E-state index in [0.29, 0.717) is 25.3 Å². The molecule has 3 N–H and O–H groups in total. The first-order valence-corrected chi connectivity index (χ1v) is 7.50. The number of hydrogen-bond acceptors (Lipinski definition) is 3. The van der Waals surface area contributed by atoms with Gasteiger partial charge < -0.3 is 20.6 Å². The van der Waals surface area contributed by atoms with E-state index in [1.165, 1.54) is 0 Å². The Labute approximate surface area is 119 Å². The number of likely N-dealkylation sites (tertiary alicyclic amines) is 1. The summed E-state index contributed by atoms with van der Waals surface area (Å²) < 4.78 is 0. The normalized spacial score (nSPS) is 26.1. The van der Waals surface area contributed by atoms with Crippen molar-refractivity contribution in [1.82, 2.24) is 15.5 Å². The third-order valence-corrected chi connectivity index (χ3v) is 4.51. The van der Waals surface area contributed by atoms with Crippen molar-refractivity contribution >= 4 is 12.0 Å². The van der Waals surface area contributed by atoms with Gasteiger partial charge in [-0.05, 0) is 38.8 Å². The largest absolute Gasteiger partial charge is 0.480 e. The molecule has 1 aliphatic carbocycles. The molecule has 0 aromatic carbocycles. The molecule has 2 amide bonds. The predicted octanol–water partition coefficient (Wildman–Crippen LogP) is 1.02. The monoisotopic (exact) mass is 283 g/mol. The molecule has 6 heteroatoms. The Bertz CT molecular complexity index is 367. The molecular formula is C14H25N3O3. The number of rotatable bonds is 4. The highest BCUT2D eigenvalue weighted by Gasteiger charge is 2.41. The second-order valence-electron chi connectivity index (χ2n) is 6.20. The van der Waals surface area contributed by atoms with E-state index < -0.39 is 11.5 Å². The number of nitrogens with zero attached hydrogens (tertiary/aromatic N) is 1. The molecule has 1 unspecified atom stereocenters. The smallest absolute Gasteiger partial charge is 0.329 e. The van der Waals surface area contributed by atoms with E-state index in [0.717, 1.165) is 38.8 Å². The van der Waals surface area contributed by atoms with Gasteiger partial charge in [0.05, 0.1) is 0 Å². The van der Waals surface area contributed by atoms with Crippen molar-refractivity contribution < 1.29 is 14.7 Å². The molecule has 0 radical (unpaired) electrons. The Morgan fingerprint density at radius 2 is 2.00 bits per heavy atom. The van der Waals surface area contributed by atoms with Crippen molar-refractivity contribution in [3.8, 4) is 0 Å². The van der Waals surface area contributed by atoms with Gasteiger partial charge in [-0.25, -0.2) is 9.59 Å².